The molecule has 1 unspecified atom stereocenters. The number of allylic oxidation sites excluding steroid dienone is 1. The fourth-order valence-corrected chi connectivity index (χ4v) is 1.83. The summed E-state index contributed by atoms with van der Waals surface area (Å²) in [6, 6.07) is 0. The Balaban J connectivity index is 2.40. The van der Waals surface area contributed by atoms with Gasteiger partial charge in [0.15, 0.2) is 0 Å². The summed E-state index contributed by atoms with van der Waals surface area (Å²) in [5.41, 5.74) is 1.59. The Bertz CT molecular complexity index is 162. The Morgan fingerprint density at radius 1 is 1.45 bits per heavy atom. The molecule has 1 atom stereocenters. The summed E-state index contributed by atoms with van der Waals surface area (Å²) in [6.07, 6.45) is 5.15. The van der Waals surface area contributed by atoms with Gasteiger partial charge in [0.25, 0.3) is 0 Å². The summed E-state index contributed by atoms with van der Waals surface area (Å²) in [5.74, 6) is 0.843. The monoisotopic (exact) mass is 154 g/mol. The molecule has 0 spiro atoms. The summed E-state index contributed by atoms with van der Waals surface area (Å²) in [6.45, 7) is 3.53. The van der Waals surface area contributed by atoms with Gasteiger partial charge >= 0.3 is 0 Å². The molecule has 0 heterocycles. The predicted octanol–water partition coefficient (Wildman–Crippen LogP) is 2.05. The molecule has 0 saturated carbocycles. The Labute approximate surface area is 70.3 Å². The minimum atomic E-state index is 0.843. The van der Waals surface area contributed by atoms with E-state index in [1.54, 1.807) is 5.57 Å². The Hall–Kier alpha value is -0.300. The van der Waals surface area contributed by atoms with Crippen LogP contribution in [0.4, 0.5) is 0 Å². The molecule has 0 fully saturated rings. The lowest BCUT2D eigenvalue weighted by atomic mass is 10.1. The van der Waals surface area contributed by atoms with E-state index in [0.717, 1.165) is 10.4 Å². The van der Waals surface area contributed by atoms with Crippen molar-refractivity contribution in [3.05, 3.63) is 11.6 Å². The van der Waals surface area contributed by atoms with Crippen LogP contribution in [0.5, 0.6) is 0 Å². The average molecular weight is 154 g/mol. The molecule has 0 N–H and O–H groups in total. The molecule has 0 radical (unpaired) electrons. The number of quaternary nitrogens is 1. The normalized spacial score (nSPS) is 25.5. The van der Waals surface area contributed by atoms with Crippen molar-refractivity contribution in [3.63, 3.8) is 0 Å². The van der Waals surface area contributed by atoms with Crippen LogP contribution < -0.4 is 0 Å². The van der Waals surface area contributed by atoms with Gasteiger partial charge in [-0.05, 0) is 19.8 Å². The summed E-state index contributed by atoms with van der Waals surface area (Å²) in [5, 5.41) is 0. The van der Waals surface area contributed by atoms with Gasteiger partial charge in [-0.2, -0.15) is 0 Å². The molecule has 0 bridgehead atoms. The molecule has 0 aromatic rings. The number of hydrogen-bond donors (Lipinski definition) is 0. The maximum Gasteiger partial charge on any atom is 0.0844 e. The van der Waals surface area contributed by atoms with Gasteiger partial charge in [0.05, 0.1) is 27.7 Å². The van der Waals surface area contributed by atoms with Crippen molar-refractivity contribution >= 4 is 0 Å². The highest BCUT2D eigenvalue weighted by atomic mass is 15.3. The van der Waals surface area contributed by atoms with Crippen LogP contribution >= 0.6 is 0 Å². The molecule has 0 aliphatic heterocycles. The zero-order valence-electron chi connectivity index (χ0n) is 8.22. The predicted molar refractivity (Wildman–Crippen MR) is 49.4 cm³/mol. The van der Waals surface area contributed by atoms with E-state index in [-0.39, 0.29) is 0 Å². The minimum Gasteiger partial charge on any atom is -0.330 e. The average Bonchev–Trinajstić information content (AvgIpc) is 2.10. The highest BCUT2D eigenvalue weighted by Crippen LogP contribution is 2.24. The second-order valence-electron chi connectivity index (χ2n) is 4.78. The lowest BCUT2D eigenvalue weighted by Gasteiger charge is -2.26. The van der Waals surface area contributed by atoms with Crippen LogP contribution in [0.3, 0.4) is 0 Å². The molecule has 11 heavy (non-hydrogen) atoms. The molecule has 1 rings (SSSR count). The minimum absolute atomic E-state index is 0.843. The maximum atomic E-state index is 2.45. The lowest BCUT2D eigenvalue weighted by molar-refractivity contribution is -0.873. The Morgan fingerprint density at radius 3 is 2.45 bits per heavy atom. The molecule has 1 aliphatic carbocycles. The zero-order chi connectivity index (χ0) is 8.48. The maximum absolute atomic E-state index is 2.45. The van der Waals surface area contributed by atoms with Gasteiger partial charge in [-0.3, -0.25) is 0 Å². The number of hydrogen-bond acceptors (Lipinski definition) is 0. The second-order valence-corrected chi connectivity index (χ2v) is 4.78. The van der Waals surface area contributed by atoms with Crippen LogP contribution in [0, 0.1) is 5.92 Å². The molecular weight excluding hydrogens is 134 g/mol. The van der Waals surface area contributed by atoms with Crippen molar-refractivity contribution in [2.45, 2.75) is 19.8 Å². The van der Waals surface area contributed by atoms with E-state index in [4.69, 9.17) is 0 Å². The van der Waals surface area contributed by atoms with E-state index in [0.29, 0.717) is 0 Å². The first-order valence-electron chi connectivity index (χ1n) is 4.45. The van der Waals surface area contributed by atoms with E-state index < -0.39 is 0 Å². The highest BCUT2D eigenvalue weighted by Gasteiger charge is 2.19. The third-order valence-electron chi connectivity index (χ3n) is 2.21. The molecule has 0 amide bonds. The summed E-state index contributed by atoms with van der Waals surface area (Å²) in [4.78, 5) is 0. The molecule has 0 aromatic carbocycles. The van der Waals surface area contributed by atoms with Crippen molar-refractivity contribution in [2.75, 3.05) is 27.7 Å². The molecule has 0 aromatic heterocycles. The Morgan fingerprint density at radius 2 is 2.09 bits per heavy atom. The molecule has 1 nitrogen and oxygen atoms in total. The molecule has 1 aliphatic rings. The standard InChI is InChI=1S/C10H20N/c1-9-5-6-10(7-9)8-11(2,3)4/h7,10H,5-6,8H2,1-4H3/q+1. The van der Waals surface area contributed by atoms with Crippen molar-refractivity contribution in [2.24, 2.45) is 5.92 Å². The summed E-state index contributed by atoms with van der Waals surface area (Å²) in [7, 11) is 6.80. The van der Waals surface area contributed by atoms with Gasteiger partial charge in [0.2, 0.25) is 0 Å². The summed E-state index contributed by atoms with van der Waals surface area (Å²) < 4.78 is 1.09. The van der Waals surface area contributed by atoms with Crippen LogP contribution in [-0.2, 0) is 0 Å². The van der Waals surface area contributed by atoms with Crippen molar-refractivity contribution in [1.29, 1.82) is 0 Å². The number of rotatable bonds is 2. The first kappa shape index (κ1) is 8.79. The smallest absolute Gasteiger partial charge is 0.0844 e. The lowest BCUT2D eigenvalue weighted by Crippen LogP contribution is -2.38. The molecule has 1 heteroatoms. The Kier molecular flexibility index (Phi) is 2.38. The van der Waals surface area contributed by atoms with E-state index in [9.17, 15) is 0 Å². The van der Waals surface area contributed by atoms with Crippen molar-refractivity contribution in [3.8, 4) is 0 Å². The van der Waals surface area contributed by atoms with E-state index in [1.165, 1.54) is 19.4 Å². The van der Waals surface area contributed by atoms with Gasteiger partial charge in [0, 0.05) is 5.92 Å². The van der Waals surface area contributed by atoms with Crippen LogP contribution in [0.25, 0.3) is 0 Å². The van der Waals surface area contributed by atoms with Crippen LogP contribution in [0.15, 0.2) is 11.6 Å². The zero-order valence-corrected chi connectivity index (χ0v) is 8.22. The van der Waals surface area contributed by atoms with Gasteiger partial charge in [0.1, 0.15) is 0 Å². The van der Waals surface area contributed by atoms with Gasteiger partial charge < -0.3 is 4.48 Å². The molecule has 64 valence electrons. The van der Waals surface area contributed by atoms with Crippen molar-refractivity contribution in [1.82, 2.24) is 0 Å². The van der Waals surface area contributed by atoms with E-state index >= 15 is 0 Å². The second kappa shape index (κ2) is 2.98. The van der Waals surface area contributed by atoms with Gasteiger partial charge in [-0.25, -0.2) is 0 Å². The third kappa shape index (κ3) is 3.06. The SMILES string of the molecule is CC1=CC(C[N+](C)(C)C)CC1. The number of nitrogens with zero attached hydrogens (tertiary/aromatic N) is 1. The van der Waals surface area contributed by atoms with Crippen LogP contribution in [0.2, 0.25) is 0 Å². The molecule has 0 saturated heterocycles. The van der Waals surface area contributed by atoms with Crippen LogP contribution in [-0.4, -0.2) is 32.2 Å². The van der Waals surface area contributed by atoms with Gasteiger partial charge in [-0.15, -0.1) is 0 Å². The van der Waals surface area contributed by atoms with Crippen molar-refractivity contribution < 1.29 is 4.48 Å². The van der Waals surface area contributed by atoms with E-state index in [1.807, 2.05) is 0 Å². The first-order valence-corrected chi connectivity index (χ1v) is 4.45. The fourth-order valence-electron chi connectivity index (χ4n) is 1.83. The fraction of sp³-hybridized carbons (Fsp3) is 0.800. The topological polar surface area (TPSA) is 0 Å². The molecular formula is C10H20N+. The van der Waals surface area contributed by atoms with Gasteiger partial charge in [-0.1, -0.05) is 11.6 Å². The van der Waals surface area contributed by atoms with E-state index in [2.05, 4.69) is 34.1 Å². The largest absolute Gasteiger partial charge is 0.330 e. The highest BCUT2D eigenvalue weighted by molar-refractivity contribution is 5.07. The van der Waals surface area contributed by atoms with Crippen LogP contribution in [0.1, 0.15) is 19.8 Å². The quantitative estimate of drug-likeness (QED) is 0.422. The third-order valence-corrected chi connectivity index (χ3v) is 2.21. The summed E-state index contributed by atoms with van der Waals surface area (Å²) >= 11 is 0. The first-order chi connectivity index (χ1) is 4.97.